The Kier molecular flexibility index (Phi) is 12.9. The van der Waals surface area contributed by atoms with Gasteiger partial charge < -0.3 is 0 Å². The van der Waals surface area contributed by atoms with Crippen LogP contribution in [0.4, 0.5) is 0 Å². The van der Waals surface area contributed by atoms with Gasteiger partial charge in [-0.25, -0.2) is 23.0 Å². The molecule has 7 nitrogen and oxygen atoms in total. The van der Waals surface area contributed by atoms with Gasteiger partial charge in [0.05, 0.1) is 0 Å². The van der Waals surface area contributed by atoms with E-state index in [1.807, 2.05) is 0 Å². The minimum absolute atomic E-state index is 1.45. The average molecular weight is 514 g/mol. The van der Waals surface area contributed by atoms with Crippen LogP contribution in [0.25, 0.3) is 0 Å². The van der Waals surface area contributed by atoms with Gasteiger partial charge in [0.1, 0.15) is 0 Å². The number of hydrogen-bond acceptors (Lipinski definition) is 3. The Hall–Kier alpha value is 1.95. The molecule has 0 bridgehead atoms. The molecule has 0 aliphatic carbocycles. The van der Waals surface area contributed by atoms with Crippen molar-refractivity contribution in [2.75, 3.05) is 56.4 Å². The van der Waals surface area contributed by atoms with E-state index in [1.54, 1.807) is 56.4 Å². The van der Waals surface area contributed by atoms with Crippen LogP contribution in [0.2, 0.25) is 0 Å². The Labute approximate surface area is 146 Å². The van der Waals surface area contributed by atoms with Crippen LogP contribution < -0.4 is 0 Å². The van der Waals surface area contributed by atoms with Crippen LogP contribution in [0.5, 0.6) is 0 Å². The third-order valence-corrected chi connectivity index (χ3v) is 7.98. The molecule has 0 saturated carbocycles. The van der Waals surface area contributed by atoms with Gasteiger partial charge in [0.15, 0.2) is 0 Å². The van der Waals surface area contributed by atoms with E-state index < -0.39 is 32.1 Å². The first-order valence-electron chi connectivity index (χ1n) is 5.62. The van der Waals surface area contributed by atoms with Crippen molar-refractivity contribution in [1.82, 2.24) is 18.7 Å². The quantitative estimate of drug-likeness (QED) is 0.399. The minimum atomic E-state index is -3.27. The van der Waals surface area contributed by atoms with Crippen molar-refractivity contribution in [3.8, 4) is 0 Å². The third kappa shape index (κ3) is 8.56. The van der Waals surface area contributed by atoms with E-state index in [9.17, 15) is 9.13 Å². The van der Waals surface area contributed by atoms with Gasteiger partial charge in [0.2, 0.25) is 0 Å². The Morgan fingerprint density at radius 3 is 0.905 bits per heavy atom. The van der Waals surface area contributed by atoms with Gasteiger partial charge in [-0.15, -0.1) is 0 Å². The van der Waals surface area contributed by atoms with Crippen LogP contribution in [0, 0.1) is 0 Å². The van der Waals surface area contributed by atoms with Crippen LogP contribution in [-0.4, -0.2) is 91.8 Å². The third-order valence-electron chi connectivity index (χ3n) is 2.23. The molecule has 0 rings (SSSR count). The van der Waals surface area contributed by atoms with Gasteiger partial charge in [0.25, 0.3) is 0 Å². The fraction of sp³-hybridized carbons (Fsp3) is 1.00. The van der Waals surface area contributed by atoms with Gasteiger partial charge in [-0.1, -0.05) is 0 Å². The molecule has 130 valence electrons. The van der Waals surface area contributed by atoms with Crippen molar-refractivity contribution >= 4 is 58.6 Å². The van der Waals surface area contributed by atoms with E-state index in [0.717, 1.165) is 0 Å². The zero-order valence-electron chi connectivity index (χ0n) is 13.5. The predicted molar refractivity (Wildman–Crippen MR) is 94.4 cm³/mol. The van der Waals surface area contributed by atoms with Crippen LogP contribution in [0.1, 0.15) is 0 Å². The van der Waals surface area contributed by atoms with Gasteiger partial charge in [-0.3, -0.25) is 9.13 Å². The molecule has 0 radical (unpaired) electrons. The second kappa shape index (κ2) is 10.7. The van der Waals surface area contributed by atoms with E-state index in [1.165, 1.54) is 18.7 Å². The molecule has 0 N–H and O–H groups in total. The second-order valence-corrected chi connectivity index (χ2v) is 21.8. The second-order valence-electron chi connectivity index (χ2n) is 4.64. The average Bonchev–Trinajstić information content (AvgIpc) is 2.26. The molecule has 0 fully saturated rings. The van der Waals surface area contributed by atoms with Gasteiger partial charge >= 0.3 is 58.6 Å². The van der Waals surface area contributed by atoms with E-state index in [-0.39, 0.29) is 0 Å². The molecule has 0 unspecified atom stereocenters. The molecule has 13 heteroatoms. The van der Waals surface area contributed by atoms with Gasteiger partial charge in [-0.05, 0) is 56.4 Å². The summed E-state index contributed by atoms with van der Waals surface area (Å²) in [5.41, 5.74) is 0. The SMILES string of the molecule is CN(C)P(=O)(OP(=O)(N(C)C)N(C)C)N(C)C.[Cl][Sb]([Cl])[Cl]. The van der Waals surface area contributed by atoms with E-state index in [2.05, 4.69) is 0 Å². The summed E-state index contributed by atoms with van der Waals surface area (Å²) in [6, 6.07) is 0. The molecule has 0 aliphatic rings. The Bertz CT molecular complexity index is 340. The van der Waals surface area contributed by atoms with Crippen molar-refractivity contribution in [2.24, 2.45) is 0 Å². The van der Waals surface area contributed by atoms with Crippen LogP contribution in [0.15, 0.2) is 0 Å². The van der Waals surface area contributed by atoms with Crippen molar-refractivity contribution in [3.05, 3.63) is 0 Å². The van der Waals surface area contributed by atoms with Crippen molar-refractivity contribution in [1.29, 1.82) is 0 Å². The Morgan fingerprint density at radius 2 is 0.810 bits per heavy atom. The monoisotopic (exact) mass is 512 g/mol. The Balaban J connectivity index is 0. The number of hydrogen-bond donors (Lipinski definition) is 0. The predicted octanol–water partition coefficient (Wildman–Crippen LogP) is 3.15. The first-order chi connectivity index (χ1) is 9.21. The summed E-state index contributed by atoms with van der Waals surface area (Å²) in [5.74, 6) is 0. The summed E-state index contributed by atoms with van der Waals surface area (Å²) in [6.07, 6.45) is 0. The van der Waals surface area contributed by atoms with Gasteiger partial charge in [-0.2, -0.15) is 0 Å². The summed E-state index contributed by atoms with van der Waals surface area (Å²) in [7, 11) is 21.5. The molecule has 21 heavy (non-hydrogen) atoms. The molecular formula is C8H24Cl3N4O3P2Sb. The summed E-state index contributed by atoms with van der Waals surface area (Å²) in [6.45, 7) is 0. The molecule has 0 aromatic rings. The molecule has 0 saturated heterocycles. The zero-order chi connectivity index (χ0) is 17.6. The Morgan fingerprint density at radius 1 is 0.667 bits per heavy atom. The molecule has 0 amide bonds. The molecule has 0 heterocycles. The molecule has 0 spiro atoms. The molecule has 0 aromatic carbocycles. The topological polar surface area (TPSA) is 56.3 Å². The van der Waals surface area contributed by atoms with E-state index in [4.69, 9.17) is 30.8 Å². The number of halogens is 3. The normalized spacial score (nSPS) is 13.3. The summed E-state index contributed by atoms with van der Waals surface area (Å²) < 4.78 is 36.6. The van der Waals surface area contributed by atoms with Crippen molar-refractivity contribution in [3.63, 3.8) is 0 Å². The van der Waals surface area contributed by atoms with Crippen LogP contribution >= 0.6 is 41.8 Å². The van der Waals surface area contributed by atoms with Gasteiger partial charge in [0, 0.05) is 0 Å². The maximum atomic E-state index is 12.6. The fourth-order valence-electron chi connectivity index (χ4n) is 1.15. The standard InChI is InChI=1S/C8H24N4O3P2.3ClH.Sb/c1-9(2)16(13,10(3)4)15-17(14,11(5)6)12(7)8;;;;/h1-8H3;3*1H;/q;;;;+3/p-3. The zero-order valence-corrected chi connectivity index (χ0v) is 20.1. The first-order valence-corrected chi connectivity index (χ1v) is 18.4. The summed E-state index contributed by atoms with van der Waals surface area (Å²) >= 11 is -2.03. The van der Waals surface area contributed by atoms with Crippen LogP contribution in [0.3, 0.4) is 0 Å². The fourth-order valence-corrected chi connectivity index (χ4v) is 6.02. The van der Waals surface area contributed by atoms with Crippen molar-refractivity contribution in [2.45, 2.75) is 0 Å². The maximum absolute atomic E-state index is 12.6. The number of rotatable bonds is 6. The number of nitrogens with zero attached hydrogens (tertiary/aromatic N) is 4. The van der Waals surface area contributed by atoms with E-state index in [0.29, 0.717) is 0 Å². The summed E-state index contributed by atoms with van der Waals surface area (Å²) in [5, 5.41) is 0. The van der Waals surface area contributed by atoms with Crippen molar-refractivity contribution < 1.29 is 13.4 Å². The molecule has 0 aromatic heterocycles. The molecule has 0 aliphatic heterocycles. The first kappa shape index (κ1) is 25.2. The molecule has 0 atom stereocenters. The molecular weight excluding hydrogens is 490 g/mol. The van der Waals surface area contributed by atoms with Crippen LogP contribution in [-0.2, 0) is 13.4 Å². The van der Waals surface area contributed by atoms with E-state index >= 15 is 0 Å². The summed E-state index contributed by atoms with van der Waals surface area (Å²) in [4.78, 5) is 0.